The van der Waals surface area contributed by atoms with Gasteiger partial charge in [0.05, 0.1) is 0 Å². The van der Waals surface area contributed by atoms with E-state index in [-0.39, 0.29) is 5.41 Å². The van der Waals surface area contributed by atoms with E-state index in [2.05, 4.69) is 55.3 Å². The third kappa shape index (κ3) is 5.62. The van der Waals surface area contributed by atoms with Crippen LogP contribution in [0.15, 0.2) is 24.3 Å². The standard InChI is InChI=1S/C21H34N2O/c1-21(2,3)19-8-5-17(6-9-19)7-10-20(24)23-15-12-18(13-16-23)11-14-22-4/h5-6,8-9,18,22H,7,10-16H2,1-4H3. The molecule has 2 rings (SSSR count). The Kier molecular flexibility index (Phi) is 6.85. The van der Waals surface area contributed by atoms with Gasteiger partial charge in [0.25, 0.3) is 0 Å². The summed E-state index contributed by atoms with van der Waals surface area (Å²) in [5, 5.41) is 3.22. The quantitative estimate of drug-likeness (QED) is 0.861. The molecule has 0 saturated carbocycles. The van der Waals surface area contributed by atoms with Crippen LogP contribution in [-0.4, -0.2) is 37.5 Å². The average Bonchev–Trinajstić information content (AvgIpc) is 2.58. The van der Waals surface area contributed by atoms with E-state index in [0.29, 0.717) is 12.3 Å². The van der Waals surface area contributed by atoms with Gasteiger partial charge in [0.15, 0.2) is 0 Å². The summed E-state index contributed by atoms with van der Waals surface area (Å²) in [5.74, 6) is 1.11. The number of hydrogen-bond acceptors (Lipinski definition) is 2. The fraction of sp³-hybridized carbons (Fsp3) is 0.667. The Balaban J connectivity index is 1.75. The van der Waals surface area contributed by atoms with Crippen LogP contribution >= 0.6 is 0 Å². The molecule has 1 aromatic carbocycles. The van der Waals surface area contributed by atoms with Crippen LogP contribution in [0, 0.1) is 5.92 Å². The van der Waals surface area contributed by atoms with Gasteiger partial charge < -0.3 is 10.2 Å². The van der Waals surface area contributed by atoms with Crippen LogP contribution in [0.25, 0.3) is 0 Å². The smallest absolute Gasteiger partial charge is 0.222 e. The molecule has 134 valence electrons. The van der Waals surface area contributed by atoms with Crippen molar-refractivity contribution in [3.63, 3.8) is 0 Å². The van der Waals surface area contributed by atoms with Crippen molar-refractivity contribution in [1.82, 2.24) is 10.2 Å². The van der Waals surface area contributed by atoms with Crippen molar-refractivity contribution < 1.29 is 4.79 Å². The molecule has 0 aliphatic carbocycles. The highest BCUT2D eigenvalue weighted by molar-refractivity contribution is 5.76. The largest absolute Gasteiger partial charge is 0.343 e. The number of benzene rings is 1. The molecule has 0 aromatic heterocycles. The van der Waals surface area contributed by atoms with E-state index in [1.165, 1.54) is 17.5 Å². The molecule has 0 unspecified atom stereocenters. The summed E-state index contributed by atoms with van der Waals surface area (Å²) in [4.78, 5) is 14.5. The predicted molar refractivity (Wildman–Crippen MR) is 101 cm³/mol. The number of nitrogens with zero attached hydrogens (tertiary/aromatic N) is 1. The highest BCUT2D eigenvalue weighted by atomic mass is 16.2. The molecular formula is C21H34N2O. The number of rotatable bonds is 6. The monoisotopic (exact) mass is 330 g/mol. The zero-order valence-corrected chi connectivity index (χ0v) is 15.9. The maximum absolute atomic E-state index is 12.4. The van der Waals surface area contributed by atoms with Crippen LogP contribution in [0.4, 0.5) is 0 Å². The van der Waals surface area contributed by atoms with Gasteiger partial charge in [-0.05, 0) is 61.7 Å². The number of amides is 1. The third-order valence-electron chi connectivity index (χ3n) is 5.22. The number of carbonyl (C=O) groups is 1. The van der Waals surface area contributed by atoms with Gasteiger partial charge in [-0.1, -0.05) is 45.0 Å². The van der Waals surface area contributed by atoms with Crippen molar-refractivity contribution in [2.24, 2.45) is 5.92 Å². The van der Waals surface area contributed by atoms with Gasteiger partial charge in [-0.3, -0.25) is 4.79 Å². The first kappa shape index (κ1) is 19.0. The number of hydrogen-bond donors (Lipinski definition) is 1. The maximum Gasteiger partial charge on any atom is 0.222 e. The Morgan fingerprint density at radius 2 is 1.79 bits per heavy atom. The van der Waals surface area contributed by atoms with Gasteiger partial charge in [0.2, 0.25) is 5.91 Å². The Labute approximate surface area is 147 Å². The van der Waals surface area contributed by atoms with Crippen LogP contribution in [0.1, 0.15) is 57.6 Å². The Morgan fingerprint density at radius 1 is 1.17 bits per heavy atom. The number of carbonyl (C=O) groups excluding carboxylic acids is 1. The second kappa shape index (κ2) is 8.66. The molecule has 1 amide bonds. The van der Waals surface area contributed by atoms with E-state index in [0.717, 1.165) is 44.8 Å². The van der Waals surface area contributed by atoms with E-state index >= 15 is 0 Å². The molecule has 1 aliphatic rings. The normalized spacial score (nSPS) is 16.4. The highest BCUT2D eigenvalue weighted by Gasteiger charge is 2.22. The van der Waals surface area contributed by atoms with Crippen molar-refractivity contribution in [2.75, 3.05) is 26.7 Å². The minimum absolute atomic E-state index is 0.186. The summed E-state index contributed by atoms with van der Waals surface area (Å²) in [6.07, 6.45) is 5.04. The lowest BCUT2D eigenvalue weighted by Gasteiger charge is -2.32. The number of piperidine rings is 1. The number of likely N-dealkylation sites (tertiary alicyclic amines) is 1. The zero-order valence-electron chi connectivity index (χ0n) is 15.9. The van der Waals surface area contributed by atoms with Gasteiger partial charge >= 0.3 is 0 Å². The lowest BCUT2D eigenvalue weighted by molar-refractivity contribution is -0.132. The fourth-order valence-corrected chi connectivity index (χ4v) is 3.40. The van der Waals surface area contributed by atoms with E-state index in [1.54, 1.807) is 0 Å². The van der Waals surface area contributed by atoms with Crippen LogP contribution in [0.3, 0.4) is 0 Å². The second-order valence-electron chi connectivity index (χ2n) is 8.16. The molecule has 0 radical (unpaired) electrons. The van der Waals surface area contributed by atoms with Crippen LogP contribution in [0.5, 0.6) is 0 Å². The van der Waals surface area contributed by atoms with E-state index in [9.17, 15) is 4.79 Å². The molecule has 0 bridgehead atoms. The predicted octanol–water partition coefficient (Wildman–Crippen LogP) is 3.76. The molecule has 1 fully saturated rings. The van der Waals surface area contributed by atoms with Crippen LogP contribution in [0.2, 0.25) is 0 Å². The summed E-state index contributed by atoms with van der Waals surface area (Å²) in [5.41, 5.74) is 2.80. The van der Waals surface area contributed by atoms with Crippen molar-refractivity contribution in [2.45, 2.75) is 58.3 Å². The highest BCUT2D eigenvalue weighted by Crippen LogP contribution is 2.23. The van der Waals surface area contributed by atoms with Gasteiger partial charge in [0.1, 0.15) is 0 Å². The molecule has 24 heavy (non-hydrogen) atoms. The SMILES string of the molecule is CNCCC1CCN(C(=O)CCc2ccc(C(C)(C)C)cc2)CC1. The number of aryl methyl sites for hydroxylation is 1. The van der Waals surface area contributed by atoms with Crippen molar-refractivity contribution in [3.05, 3.63) is 35.4 Å². The summed E-state index contributed by atoms with van der Waals surface area (Å²) < 4.78 is 0. The average molecular weight is 331 g/mol. The van der Waals surface area contributed by atoms with Crippen LogP contribution < -0.4 is 5.32 Å². The van der Waals surface area contributed by atoms with E-state index in [1.807, 2.05) is 7.05 Å². The Morgan fingerprint density at radius 3 is 2.33 bits per heavy atom. The van der Waals surface area contributed by atoms with E-state index < -0.39 is 0 Å². The van der Waals surface area contributed by atoms with Crippen molar-refractivity contribution in [3.8, 4) is 0 Å². The minimum Gasteiger partial charge on any atom is -0.343 e. The fourth-order valence-electron chi connectivity index (χ4n) is 3.40. The van der Waals surface area contributed by atoms with Gasteiger partial charge in [0, 0.05) is 19.5 Å². The molecule has 0 spiro atoms. The third-order valence-corrected chi connectivity index (χ3v) is 5.22. The zero-order chi connectivity index (χ0) is 17.6. The molecule has 1 saturated heterocycles. The van der Waals surface area contributed by atoms with E-state index in [4.69, 9.17) is 0 Å². The summed E-state index contributed by atoms with van der Waals surface area (Å²) >= 11 is 0. The van der Waals surface area contributed by atoms with Gasteiger partial charge in [-0.15, -0.1) is 0 Å². The molecule has 3 heteroatoms. The maximum atomic E-state index is 12.4. The molecule has 1 aromatic rings. The molecule has 3 nitrogen and oxygen atoms in total. The summed E-state index contributed by atoms with van der Waals surface area (Å²) in [7, 11) is 2.01. The first-order chi connectivity index (χ1) is 11.4. The number of nitrogens with one attached hydrogen (secondary N) is 1. The topological polar surface area (TPSA) is 32.3 Å². The van der Waals surface area contributed by atoms with Gasteiger partial charge in [-0.25, -0.2) is 0 Å². The Hall–Kier alpha value is -1.35. The lowest BCUT2D eigenvalue weighted by atomic mass is 9.86. The lowest BCUT2D eigenvalue weighted by Crippen LogP contribution is -2.39. The first-order valence-corrected chi connectivity index (χ1v) is 9.42. The molecule has 1 heterocycles. The molecule has 1 N–H and O–H groups in total. The summed E-state index contributed by atoms with van der Waals surface area (Å²) in [6, 6.07) is 8.76. The van der Waals surface area contributed by atoms with Gasteiger partial charge in [-0.2, -0.15) is 0 Å². The first-order valence-electron chi connectivity index (χ1n) is 9.42. The van der Waals surface area contributed by atoms with Crippen molar-refractivity contribution in [1.29, 1.82) is 0 Å². The molecular weight excluding hydrogens is 296 g/mol. The van der Waals surface area contributed by atoms with Crippen LogP contribution in [-0.2, 0) is 16.6 Å². The molecule has 1 aliphatic heterocycles. The second-order valence-corrected chi connectivity index (χ2v) is 8.16. The Bertz CT molecular complexity index is 508. The molecule has 0 atom stereocenters. The minimum atomic E-state index is 0.186. The van der Waals surface area contributed by atoms with Crippen molar-refractivity contribution >= 4 is 5.91 Å². The summed E-state index contributed by atoms with van der Waals surface area (Å²) in [6.45, 7) is 9.65.